The number of aliphatic hydroxyl groups is 1. The van der Waals surface area contributed by atoms with Crippen molar-refractivity contribution in [3.05, 3.63) is 70.0 Å². The summed E-state index contributed by atoms with van der Waals surface area (Å²) >= 11 is 0. The van der Waals surface area contributed by atoms with E-state index in [1.54, 1.807) is 23.6 Å². The zero-order valence-corrected chi connectivity index (χ0v) is 16.6. The molecule has 1 atom stereocenters. The zero-order valence-electron chi connectivity index (χ0n) is 16.6. The van der Waals surface area contributed by atoms with Crippen molar-refractivity contribution in [1.29, 1.82) is 0 Å². The lowest BCUT2D eigenvalue weighted by atomic mass is 9.86. The van der Waals surface area contributed by atoms with Crippen LogP contribution in [-0.4, -0.2) is 27.2 Å². The number of fused-ring (bicyclic) bond motifs is 5. The van der Waals surface area contributed by atoms with Gasteiger partial charge in [0.25, 0.3) is 5.56 Å². The van der Waals surface area contributed by atoms with E-state index in [0.29, 0.717) is 35.6 Å². The Bertz CT molecular complexity index is 1290. The van der Waals surface area contributed by atoms with Gasteiger partial charge in [-0.15, -0.1) is 6.58 Å². The van der Waals surface area contributed by atoms with Gasteiger partial charge in [-0.25, -0.2) is 9.78 Å². The molecule has 0 spiro atoms. The number of carbonyl (C=O) groups excluding carboxylic acids is 1. The molecule has 7 nitrogen and oxygen atoms in total. The number of aromatic nitrogens is 2. The predicted molar refractivity (Wildman–Crippen MR) is 113 cm³/mol. The van der Waals surface area contributed by atoms with E-state index in [2.05, 4.69) is 11.9 Å². The average Bonchev–Trinajstić information content (AvgIpc) is 3.11. The summed E-state index contributed by atoms with van der Waals surface area (Å²) in [6.45, 7) is 6.34. The highest BCUT2D eigenvalue weighted by molar-refractivity contribution is 5.88. The topological polar surface area (TPSA) is 93.5 Å². The summed E-state index contributed by atoms with van der Waals surface area (Å²) in [6, 6.07) is 9.67. The van der Waals surface area contributed by atoms with Gasteiger partial charge in [-0.3, -0.25) is 4.79 Å². The monoisotopic (exact) mass is 403 g/mol. The maximum Gasteiger partial charge on any atom is 0.343 e. The number of pyridine rings is 2. The molecule has 0 amide bonds. The third kappa shape index (κ3) is 2.52. The third-order valence-corrected chi connectivity index (χ3v) is 5.96. The molecule has 0 saturated carbocycles. The fourth-order valence-electron chi connectivity index (χ4n) is 4.29. The fourth-order valence-corrected chi connectivity index (χ4v) is 4.29. The fraction of sp³-hybridized carbons (Fsp3) is 0.261. The molecule has 0 aliphatic carbocycles. The third-order valence-electron chi connectivity index (χ3n) is 5.96. The molecule has 2 N–H and O–H groups in total. The summed E-state index contributed by atoms with van der Waals surface area (Å²) in [4.78, 5) is 30.2. The number of cyclic esters (lactones) is 1. The van der Waals surface area contributed by atoms with Crippen molar-refractivity contribution in [1.82, 2.24) is 9.55 Å². The normalized spacial score (nSPS) is 19.1. The second-order valence-corrected chi connectivity index (χ2v) is 7.68. The van der Waals surface area contributed by atoms with E-state index < -0.39 is 11.6 Å². The van der Waals surface area contributed by atoms with Crippen molar-refractivity contribution >= 4 is 22.6 Å². The van der Waals surface area contributed by atoms with Crippen LogP contribution in [0.1, 0.15) is 30.0 Å². The Hall–Kier alpha value is -3.45. The van der Waals surface area contributed by atoms with E-state index in [1.165, 1.54) is 0 Å². The van der Waals surface area contributed by atoms with Gasteiger partial charge in [-0.1, -0.05) is 13.0 Å². The second-order valence-electron chi connectivity index (χ2n) is 7.68. The highest BCUT2D eigenvalue weighted by atomic mass is 16.6. The molecule has 5 rings (SSSR count). The number of rotatable bonds is 4. The van der Waals surface area contributed by atoms with Crippen molar-refractivity contribution in [2.45, 2.75) is 32.1 Å². The summed E-state index contributed by atoms with van der Waals surface area (Å²) in [6.07, 6.45) is 1.92. The Balaban J connectivity index is 1.68. The van der Waals surface area contributed by atoms with E-state index in [1.807, 2.05) is 24.3 Å². The van der Waals surface area contributed by atoms with E-state index in [0.717, 1.165) is 22.2 Å². The number of hydrogen-bond acceptors (Lipinski definition) is 6. The molecular formula is C23H21N3O4. The molecule has 30 heavy (non-hydrogen) atoms. The molecule has 0 unspecified atom stereocenters. The van der Waals surface area contributed by atoms with Crippen LogP contribution in [0, 0.1) is 0 Å². The van der Waals surface area contributed by atoms with Gasteiger partial charge in [-0.2, -0.15) is 0 Å². The van der Waals surface area contributed by atoms with Crippen LogP contribution in [0.3, 0.4) is 0 Å². The highest BCUT2D eigenvalue weighted by Gasteiger charge is 2.45. The molecule has 0 fully saturated rings. The predicted octanol–water partition coefficient (Wildman–Crippen LogP) is 2.68. The van der Waals surface area contributed by atoms with Crippen LogP contribution in [0.25, 0.3) is 22.3 Å². The Kier molecular flexibility index (Phi) is 4.04. The van der Waals surface area contributed by atoms with E-state index in [4.69, 9.17) is 9.72 Å². The summed E-state index contributed by atoms with van der Waals surface area (Å²) < 4.78 is 6.75. The van der Waals surface area contributed by atoms with Crippen LogP contribution in [0.5, 0.6) is 0 Å². The Morgan fingerprint density at radius 3 is 2.93 bits per heavy atom. The summed E-state index contributed by atoms with van der Waals surface area (Å²) in [5.41, 5.74) is 2.61. The van der Waals surface area contributed by atoms with E-state index in [9.17, 15) is 14.7 Å². The number of benzene rings is 1. The minimum absolute atomic E-state index is 0.125. The summed E-state index contributed by atoms with van der Waals surface area (Å²) in [5.74, 6) is -0.717. The average molecular weight is 403 g/mol. The molecule has 2 aromatic heterocycles. The first-order chi connectivity index (χ1) is 14.5. The molecule has 1 aromatic carbocycles. The molecule has 2 aliphatic heterocycles. The first-order valence-electron chi connectivity index (χ1n) is 9.92. The number of esters is 1. The van der Waals surface area contributed by atoms with Gasteiger partial charge in [-0.05, 0) is 36.8 Å². The van der Waals surface area contributed by atoms with Crippen LogP contribution in [0.2, 0.25) is 0 Å². The molecule has 3 aromatic rings. The first kappa shape index (κ1) is 18.6. The lowest BCUT2D eigenvalue weighted by Gasteiger charge is -2.31. The number of anilines is 1. The van der Waals surface area contributed by atoms with Gasteiger partial charge in [0.1, 0.15) is 6.61 Å². The Morgan fingerprint density at radius 1 is 1.33 bits per heavy atom. The van der Waals surface area contributed by atoms with Crippen molar-refractivity contribution in [3.8, 4) is 11.4 Å². The number of nitrogens with one attached hydrogen (secondary N) is 1. The summed E-state index contributed by atoms with van der Waals surface area (Å²) in [7, 11) is 0. The number of carbonyl (C=O) groups is 1. The number of nitrogens with zero attached hydrogens (tertiary/aromatic N) is 2. The van der Waals surface area contributed by atoms with Crippen LogP contribution < -0.4 is 10.9 Å². The molecule has 152 valence electrons. The van der Waals surface area contributed by atoms with Crippen molar-refractivity contribution in [3.63, 3.8) is 0 Å². The molecule has 0 bridgehead atoms. The van der Waals surface area contributed by atoms with Crippen LogP contribution in [-0.2, 0) is 28.3 Å². The van der Waals surface area contributed by atoms with Gasteiger partial charge in [0.05, 0.1) is 29.0 Å². The molecular weight excluding hydrogens is 382 g/mol. The van der Waals surface area contributed by atoms with Crippen LogP contribution in [0.4, 0.5) is 5.69 Å². The standard InChI is InChI=1S/C23H21N3O4/c1-3-7-24-15-5-6-18-13(9-15)8-14-11-26-19(20(14)25-18)10-17-16(21(26)27)12-30-22(28)23(17,29)4-2/h3,5-6,8-10,24,29H,1,4,7,11-12H2,2H3/t23-/m0/s1. The van der Waals surface area contributed by atoms with Gasteiger partial charge >= 0.3 is 5.97 Å². The molecule has 0 radical (unpaired) electrons. The lowest BCUT2D eigenvalue weighted by molar-refractivity contribution is -0.172. The Labute approximate surface area is 172 Å². The van der Waals surface area contributed by atoms with E-state index in [-0.39, 0.29) is 18.6 Å². The molecule has 7 heteroatoms. The molecule has 2 aliphatic rings. The van der Waals surface area contributed by atoms with Gasteiger partial charge < -0.3 is 19.7 Å². The van der Waals surface area contributed by atoms with Gasteiger partial charge in [0, 0.05) is 28.7 Å². The maximum absolute atomic E-state index is 13.2. The Morgan fingerprint density at radius 2 is 2.17 bits per heavy atom. The molecule has 0 saturated heterocycles. The second kappa shape index (κ2) is 6.53. The van der Waals surface area contributed by atoms with Crippen molar-refractivity contribution < 1.29 is 14.6 Å². The van der Waals surface area contributed by atoms with Crippen LogP contribution in [0.15, 0.2) is 47.8 Å². The maximum atomic E-state index is 13.2. The lowest BCUT2D eigenvalue weighted by Crippen LogP contribution is -2.44. The first-order valence-corrected chi connectivity index (χ1v) is 9.92. The van der Waals surface area contributed by atoms with E-state index >= 15 is 0 Å². The largest absolute Gasteiger partial charge is 0.458 e. The minimum Gasteiger partial charge on any atom is -0.458 e. The number of ether oxygens (including phenoxy) is 1. The van der Waals surface area contributed by atoms with Crippen molar-refractivity contribution in [2.75, 3.05) is 11.9 Å². The van der Waals surface area contributed by atoms with Gasteiger partial charge in [0.2, 0.25) is 0 Å². The minimum atomic E-state index is -1.81. The van der Waals surface area contributed by atoms with Gasteiger partial charge in [0.15, 0.2) is 5.60 Å². The quantitative estimate of drug-likeness (QED) is 0.402. The highest BCUT2D eigenvalue weighted by Crippen LogP contribution is 2.38. The number of hydrogen-bond donors (Lipinski definition) is 2. The van der Waals surface area contributed by atoms with Crippen LogP contribution >= 0.6 is 0 Å². The smallest absolute Gasteiger partial charge is 0.343 e. The zero-order chi connectivity index (χ0) is 21.0. The van der Waals surface area contributed by atoms with Crippen molar-refractivity contribution in [2.24, 2.45) is 0 Å². The summed E-state index contributed by atoms with van der Waals surface area (Å²) in [5, 5.41) is 15.2. The SMILES string of the molecule is C=CCNc1ccc2nc3c(cc2c1)Cn1c-3cc2c(c1=O)COC(=O)[C@]2(O)CC. The molecule has 4 heterocycles.